The van der Waals surface area contributed by atoms with E-state index in [1.165, 1.54) is 6.33 Å². The maximum Gasteiger partial charge on any atom is 0.354 e. The number of nitro groups is 1. The van der Waals surface area contributed by atoms with Crippen LogP contribution in [0.15, 0.2) is 36.7 Å². The number of nitrogens with zero attached hydrogens (tertiary/aromatic N) is 3. The molecule has 8 nitrogen and oxygen atoms in total. The number of nitrogens with two attached hydrogens (primary N) is 1. The van der Waals surface area contributed by atoms with Crippen LogP contribution in [0.1, 0.15) is 12.5 Å². The van der Waals surface area contributed by atoms with Gasteiger partial charge in [0.25, 0.3) is 0 Å². The molecule has 1 aromatic heterocycles. The first-order valence-electron chi connectivity index (χ1n) is 6.38. The van der Waals surface area contributed by atoms with Crippen LogP contribution in [0.4, 0.5) is 17.3 Å². The second-order valence-corrected chi connectivity index (χ2v) is 4.56. The quantitative estimate of drug-likeness (QED) is 0.420. The van der Waals surface area contributed by atoms with E-state index in [0.717, 1.165) is 5.56 Å². The van der Waals surface area contributed by atoms with Gasteiger partial charge in [-0.15, -0.1) is 0 Å². The van der Waals surface area contributed by atoms with Crippen molar-refractivity contribution in [3.05, 3.63) is 52.3 Å². The Balaban J connectivity index is 2.17. The molecule has 0 radical (unpaired) electrons. The Morgan fingerprint density at radius 1 is 1.29 bits per heavy atom. The molecule has 110 valence electrons. The highest BCUT2D eigenvalue weighted by molar-refractivity contribution is 5.69. The van der Waals surface area contributed by atoms with Crippen LogP contribution in [0.2, 0.25) is 0 Å². The first kappa shape index (κ1) is 14.7. The van der Waals surface area contributed by atoms with Crippen molar-refractivity contribution in [3.63, 3.8) is 0 Å². The second kappa shape index (κ2) is 6.62. The first-order chi connectivity index (χ1) is 10.1. The van der Waals surface area contributed by atoms with Gasteiger partial charge in [0.15, 0.2) is 0 Å². The number of hydrogen-bond acceptors (Lipinski definition) is 7. The Kier molecular flexibility index (Phi) is 4.62. The predicted octanol–water partition coefficient (Wildman–Crippen LogP) is 1.71. The number of rotatable bonds is 6. The Bertz CT molecular complexity index is 619. The van der Waals surface area contributed by atoms with Gasteiger partial charge in [-0.1, -0.05) is 30.3 Å². The molecule has 1 unspecified atom stereocenters. The highest BCUT2D eigenvalue weighted by Crippen LogP contribution is 2.28. The summed E-state index contributed by atoms with van der Waals surface area (Å²) < 4.78 is 0. The van der Waals surface area contributed by atoms with Crippen molar-refractivity contribution in [2.75, 3.05) is 10.7 Å². The van der Waals surface area contributed by atoms with Crippen LogP contribution < -0.4 is 16.6 Å². The molecular weight excluding hydrogens is 272 g/mol. The molecule has 2 aromatic rings. The topological polar surface area (TPSA) is 119 Å². The van der Waals surface area contributed by atoms with E-state index >= 15 is 0 Å². The molecule has 1 heterocycles. The average molecular weight is 288 g/mol. The lowest BCUT2D eigenvalue weighted by atomic mass is 10.1. The van der Waals surface area contributed by atoms with E-state index in [-0.39, 0.29) is 23.4 Å². The summed E-state index contributed by atoms with van der Waals surface area (Å²) in [7, 11) is 0. The highest BCUT2D eigenvalue weighted by atomic mass is 16.6. The predicted molar refractivity (Wildman–Crippen MR) is 79.7 cm³/mol. The Labute approximate surface area is 121 Å². The summed E-state index contributed by atoms with van der Waals surface area (Å²) in [4.78, 5) is 18.2. The van der Waals surface area contributed by atoms with E-state index < -0.39 is 4.92 Å². The summed E-state index contributed by atoms with van der Waals surface area (Å²) >= 11 is 0. The molecule has 2 rings (SSSR count). The van der Waals surface area contributed by atoms with Crippen LogP contribution in [-0.2, 0) is 6.42 Å². The van der Waals surface area contributed by atoms with Crippen LogP contribution in [-0.4, -0.2) is 20.9 Å². The van der Waals surface area contributed by atoms with E-state index in [4.69, 9.17) is 5.84 Å². The zero-order valence-electron chi connectivity index (χ0n) is 11.5. The number of benzene rings is 1. The maximum absolute atomic E-state index is 11.1. The number of aromatic nitrogens is 2. The third kappa shape index (κ3) is 3.63. The zero-order valence-corrected chi connectivity index (χ0v) is 11.5. The van der Waals surface area contributed by atoms with E-state index in [0.29, 0.717) is 6.42 Å². The standard InChI is InChI=1S/C13H16N6O2/c1-9(7-10-5-3-2-4-6-10)17-12-11(19(20)21)13(18-14)16-8-15-12/h2-6,8-9H,7,14H2,1H3,(H2,15,16,17,18). The summed E-state index contributed by atoms with van der Waals surface area (Å²) in [6.45, 7) is 1.92. The van der Waals surface area contributed by atoms with Crippen LogP contribution in [0.3, 0.4) is 0 Å². The molecule has 0 fully saturated rings. The van der Waals surface area contributed by atoms with Crippen LogP contribution in [0, 0.1) is 10.1 Å². The monoisotopic (exact) mass is 288 g/mol. The molecular formula is C13H16N6O2. The number of nitrogen functional groups attached to an aromatic ring is 1. The number of anilines is 2. The van der Waals surface area contributed by atoms with E-state index in [2.05, 4.69) is 20.7 Å². The molecule has 4 N–H and O–H groups in total. The largest absolute Gasteiger partial charge is 0.361 e. The van der Waals surface area contributed by atoms with Gasteiger partial charge in [0.05, 0.1) is 4.92 Å². The molecule has 0 aliphatic carbocycles. The molecule has 0 saturated heterocycles. The van der Waals surface area contributed by atoms with Gasteiger partial charge in [0, 0.05) is 6.04 Å². The minimum Gasteiger partial charge on any atom is -0.361 e. The van der Waals surface area contributed by atoms with Crippen molar-refractivity contribution >= 4 is 17.3 Å². The number of hydrazine groups is 1. The molecule has 1 aromatic carbocycles. The summed E-state index contributed by atoms with van der Waals surface area (Å²) in [5.41, 5.74) is 3.07. The summed E-state index contributed by atoms with van der Waals surface area (Å²) in [5.74, 6) is 5.36. The fourth-order valence-electron chi connectivity index (χ4n) is 2.02. The summed E-state index contributed by atoms with van der Waals surface area (Å²) in [5, 5.41) is 14.2. The molecule has 0 aliphatic rings. The van der Waals surface area contributed by atoms with Crippen LogP contribution >= 0.6 is 0 Å². The number of hydrogen-bond donors (Lipinski definition) is 3. The van der Waals surface area contributed by atoms with Crippen molar-refractivity contribution in [2.45, 2.75) is 19.4 Å². The fraction of sp³-hybridized carbons (Fsp3) is 0.231. The van der Waals surface area contributed by atoms with Gasteiger partial charge in [-0.2, -0.15) is 0 Å². The third-order valence-electron chi connectivity index (χ3n) is 2.91. The molecule has 21 heavy (non-hydrogen) atoms. The number of nitrogens with one attached hydrogen (secondary N) is 2. The molecule has 8 heteroatoms. The Hall–Kier alpha value is -2.74. The summed E-state index contributed by atoms with van der Waals surface area (Å²) in [6.07, 6.45) is 1.94. The molecule has 0 saturated carbocycles. The minimum absolute atomic E-state index is 0.0237. The highest BCUT2D eigenvalue weighted by Gasteiger charge is 2.23. The van der Waals surface area contributed by atoms with Gasteiger partial charge in [-0.25, -0.2) is 15.8 Å². The normalized spacial score (nSPS) is 11.7. The van der Waals surface area contributed by atoms with E-state index in [9.17, 15) is 10.1 Å². The summed E-state index contributed by atoms with van der Waals surface area (Å²) in [6, 6.07) is 9.80. The molecule has 0 aliphatic heterocycles. The van der Waals surface area contributed by atoms with Crippen molar-refractivity contribution in [3.8, 4) is 0 Å². The minimum atomic E-state index is -0.563. The van der Waals surface area contributed by atoms with E-state index in [1.54, 1.807) is 0 Å². The lowest BCUT2D eigenvalue weighted by Crippen LogP contribution is -2.21. The van der Waals surface area contributed by atoms with Gasteiger partial charge >= 0.3 is 5.69 Å². The van der Waals surface area contributed by atoms with Crippen LogP contribution in [0.25, 0.3) is 0 Å². The zero-order chi connectivity index (χ0) is 15.2. The third-order valence-corrected chi connectivity index (χ3v) is 2.91. The van der Waals surface area contributed by atoms with Crippen molar-refractivity contribution < 1.29 is 4.92 Å². The van der Waals surface area contributed by atoms with Gasteiger partial charge in [-0.3, -0.25) is 10.1 Å². The van der Waals surface area contributed by atoms with Gasteiger partial charge in [0.1, 0.15) is 6.33 Å². The Morgan fingerprint density at radius 2 is 1.95 bits per heavy atom. The van der Waals surface area contributed by atoms with Crippen molar-refractivity contribution in [2.24, 2.45) is 5.84 Å². The first-order valence-corrected chi connectivity index (χ1v) is 6.38. The van der Waals surface area contributed by atoms with Crippen LogP contribution in [0.5, 0.6) is 0 Å². The Morgan fingerprint density at radius 3 is 2.57 bits per heavy atom. The van der Waals surface area contributed by atoms with Gasteiger partial charge in [-0.05, 0) is 18.9 Å². The van der Waals surface area contributed by atoms with Gasteiger partial charge < -0.3 is 10.7 Å². The SMILES string of the molecule is CC(Cc1ccccc1)Nc1ncnc(NN)c1[N+](=O)[O-]. The molecule has 0 amide bonds. The maximum atomic E-state index is 11.1. The fourth-order valence-corrected chi connectivity index (χ4v) is 2.02. The van der Waals surface area contributed by atoms with Crippen molar-refractivity contribution in [1.29, 1.82) is 0 Å². The lowest BCUT2D eigenvalue weighted by molar-refractivity contribution is -0.383. The van der Waals surface area contributed by atoms with E-state index in [1.807, 2.05) is 37.3 Å². The van der Waals surface area contributed by atoms with Crippen molar-refractivity contribution in [1.82, 2.24) is 9.97 Å². The smallest absolute Gasteiger partial charge is 0.354 e. The molecule has 0 bridgehead atoms. The molecule has 1 atom stereocenters. The second-order valence-electron chi connectivity index (χ2n) is 4.56. The van der Waals surface area contributed by atoms with Gasteiger partial charge in [0.2, 0.25) is 11.6 Å². The lowest BCUT2D eigenvalue weighted by Gasteiger charge is -2.15. The molecule has 0 spiro atoms. The average Bonchev–Trinajstić information content (AvgIpc) is 2.47.